The van der Waals surface area contributed by atoms with E-state index in [1.807, 2.05) is 67.6 Å². The van der Waals surface area contributed by atoms with Crippen molar-refractivity contribution in [3.8, 4) is 11.5 Å². The Morgan fingerprint density at radius 1 is 0.976 bits per heavy atom. The zero-order chi connectivity index (χ0) is 29.1. The number of halogens is 3. The van der Waals surface area contributed by atoms with Crippen molar-refractivity contribution < 1.29 is 14.3 Å². The van der Waals surface area contributed by atoms with Gasteiger partial charge >= 0.3 is 11.8 Å². The van der Waals surface area contributed by atoms with E-state index in [2.05, 4.69) is 20.8 Å². The predicted molar refractivity (Wildman–Crippen MR) is 166 cm³/mol. The average Bonchev–Trinajstić information content (AvgIpc) is 3.33. The maximum atomic E-state index is 13.4. The van der Waals surface area contributed by atoms with Gasteiger partial charge in [-0.2, -0.15) is 0 Å². The number of carbonyl (C=O) groups excluding carboxylic acids is 2. The SMILES string of the molecule is Cc1ccc(Oc2cc(Br)ccc2CN(C)C(=O)C(=O)N2CCCC3(CCN(Cc4ccc(Cl)c(Cl)c4)C3)C2)cc1. The van der Waals surface area contributed by atoms with Gasteiger partial charge in [0.2, 0.25) is 0 Å². The van der Waals surface area contributed by atoms with Gasteiger partial charge in [0.1, 0.15) is 11.5 Å². The van der Waals surface area contributed by atoms with Crippen LogP contribution in [-0.2, 0) is 22.7 Å². The number of amides is 2. The van der Waals surface area contributed by atoms with E-state index in [0.717, 1.165) is 60.1 Å². The van der Waals surface area contributed by atoms with Crippen LogP contribution < -0.4 is 4.74 Å². The van der Waals surface area contributed by atoms with Crippen molar-refractivity contribution in [1.29, 1.82) is 0 Å². The second-order valence-electron chi connectivity index (χ2n) is 11.4. The molecule has 0 saturated carbocycles. The number of benzene rings is 3. The molecule has 5 rings (SSSR count). The summed E-state index contributed by atoms with van der Waals surface area (Å²) in [5.74, 6) is 0.410. The highest BCUT2D eigenvalue weighted by molar-refractivity contribution is 9.10. The first kappa shape index (κ1) is 29.9. The summed E-state index contributed by atoms with van der Waals surface area (Å²) in [7, 11) is 1.67. The van der Waals surface area contributed by atoms with E-state index in [4.69, 9.17) is 27.9 Å². The zero-order valence-electron chi connectivity index (χ0n) is 23.3. The summed E-state index contributed by atoms with van der Waals surface area (Å²) in [6.07, 6.45) is 2.95. The Kier molecular flexibility index (Phi) is 9.29. The van der Waals surface area contributed by atoms with Crippen LogP contribution in [0.2, 0.25) is 10.0 Å². The third-order valence-corrected chi connectivity index (χ3v) is 9.30. The molecule has 41 heavy (non-hydrogen) atoms. The minimum atomic E-state index is -0.503. The van der Waals surface area contributed by atoms with Crippen LogP contribution in [0.4, 0.5) is 0 Å². The maximum Gasteiger partial charge on any atom is 0.312 e. The summed E-state index contributed by atoms with van der Waals surface area (Å²) >= 11 is 15.8. The Labute approximate surface area is 260 Å². The van der Waals surface area contributed by atoms with Crippen LogP contribution in [0.15, 0.2) is 65.1 Å². The van der Waals surface area contributed by atoms with Gasteiger partial charge in [-0.1, -0.05) is 69.0 Å². The van der Waals surface area contributed by atoms with Crippen molar-refractivity contribution in [2.75, 3.05) is 33.2 Å². The van der Waals surface area contributed by atoms with E-state index in [9.17, 15) is 9.59 Å². The van der Waals surface area contributed by atoms with Crippen LogP contribution in [0.5, 0.6) is 11.5 Å². The van der Waals surface area contributed by atoms with Gasteiger partial charge in [0.25, 0.3) is 0 Å². The van der Waals surface area contributed by atoms with Crippen molar-refractivity contribution in [2.24, 2.45) is 5.41 Å². The van der Waals surface area contributed by atoms with E-state index < -0.39 is 11.8 Å². The molecule has 1 atom stereocenters. The average molecular weight is 659 g/mol. The number of likely N-dealkylation sites (tertiary alicyclic amines) is 2. The summed E-state index contributed by atoms with van der Waals surface area (Å²) in [5.41, 5.74) is 3.09. The maximum absolute atomic E-state index is 13.4. The van der Waals surface area contributed by atoms with Crippen LogP contribution in [0.25, 0.3) is 0 Å². The minimum absolute atomic E-state index is 0.00371. The van der Waals surface area contributed by atoms with Gasteiger partial charge in [0.15, 0.2) is 0 Å². The number of carbonyl (C=O) groups is 2. The minimum Gasteiger partial charge on any atom is -0.457 e. The molecular weight excluding hydrogens is 625 g/mol. The van der Waals surface area contributed by atoms with Gasteiger partial charge in [0, 0.05) is 55.2 Å². The summed E-state index contributed by atoms with van der Waals surface area (Å²) in [4.78, 5) is 32.4. The lowest BCUT2D eigenvalue weighted by Crippen LogP contribution is -2.51. The lowest BCUT2D eigenvalue weighted by Gasteiger charge is -2.40. The summed E-state index contributed by atoms with van der Waals surface area (Å²) in [6.45, 7) is 6.11. The molecule has 0 radical (unpaired) electrons. The molecule has 0 bridgehead atoms. The van der Waals surface area contributed by atoms with Crippen LogP contribution in [0.1, 0.15) is 36.0 Å². The first-order valence-electron chi connectivity index (χ1n) is 13.8. The number of piperidine rings is 1. The van der Waals surface area contributed by atoms with Crippen molar-refractivity contribution in [2.45, 2.75) is 39.3 Å². The Hall–Kier alpha value is -2.58. The molecule has 0 aromatic heterocycles. The second kappa shape index (κ2) is 12.7. The van der Waals surface area contributed by atoms with Crippen LogP contribution in [0, 0.1) is 12.3 Å². The number of nitrogens with zero attached hydrogens (tertiary/aromatic N) is 3. The molecular formula is C32H34BrCl2N3O3. The summed E-state index contributed by atoms with van der Waals surface area (Å²) < 4.78 is 7.02. The van der Waals surface area contributed by atoms with Crippen LogP contribution in [0.3, 0.4) is 0 Å². The number of aryl methyl sites for hydroxylation is 1. The number of likely N-dealkylation sites (N-methyl/N-ethyl adjacent to an activating group) is 1. The van der Waals surface area contributed by atoms with Crippen LogP contribution in [-0.4, -0.2) is 59.7 Å². The van der Waals surface area contributed by atoms with Crippen molar-refractivity contribution in [1.82, 2.24) is 14.7 Å². The Morgan fingerprint density at radius 3 is 2.51 bits per heavy atom. The molecule has 2 amide bonds. The number of hydrogen-bond acceptors (Lipinski definition) is 4. The van der Waals surface area contributed by atoms with Gasteiger partial charge in [-0.15, -0.1) is 0 Å². The lowest BCUT2D eigenvalue weighted by atomic mass is 9.79. The monoisotopic (exact) mass is 657 g/mol. The molecule has 216 valence electrons. The summed E-state index contributed by atoms with van der Waals surface area (Å²) in [5, 5.41) is 1.12. The quantitative estimate of drug-likeness (QED) is 0.260. The molecule has 1 unspecified atom stereocenters. The van der Waals surface area contributed by atoms with Gasteiger partial charge in [-0.05, 0) is 74.7 Å². The molecule has 9 heteroatoms. The normalized spacial score (nSPS) is 19.0. The fraction of sp³-hybridized carbons (Fsp3) is 0.375. The largest absolute Gasteiger partial charge is 0.457 e. The Balaban J connectivity index is 1.21. The highest BCUT2D eigenvalue weighted by Gasteiger charge is 2.43. The molecule has 1 spiro atoms. The molecule has 6 nitrogen and oxygen atoms in total. The molecule has 3 aromatic rings. The van der Waals surface area contributed by atoms with Gasteiger partial charge in [-0.25, -0.2) is 0 Å². The highest BCUT2D eigenvalue weighted by Crippen LogP contribution is 2.40. The van der Waals surface area contributed by atoms with Gasteiger partial charge in [0.05, 0.1) is 10.0 Å². The molecule has 2 aliphatic heterocycles. The zero-order valence-corrected chi connectivity index (χ0v) is 26.4. The highest BCUT2D eigenvalue weighted by atomic mass is 79.9. The topological polar surface area (TPSA) is 53.1 Å². The molecule has 2 saturated heterocycles. The fourth-order valence-corrected chi connectivity index (χ4v) is 6.55. The Bertz CT molecular complexity index is 1430. The molecule has 3 aromatic carbocycles. The van der Waals surface area contributed by atoms with E-state index in [1.54, 1.807) is 11.9 Å². The van der Waals surface area contributed by atoms with E-state index in [-0.39, 0.29) is 12.0 Å². The summed E-state index contributed by atoms with van der Waals surface area (Å²) in [6, 6.07) is 19.3. The first-order valence-corrected chi connectivity index (χ1v) is 15.4. The van der Waals surface area contributed by atoms with Gasteiger partial charge < -0.3 is 14.5 Å². The molecule has 0 N–H and O–H groups in total. The van der Waals surface area contributed by atoms with Gasteiger partial charge in [-0.3, -0.25) is 14.5 Å². The number of rotatable bonds is 6. The van der Waals surface area contributed by atoms with E-state index in [1.165, 1.54) is 4.90 Å². The van der Waals surface area contributed by atoms with Crippen LogP contribution >= 0.6 is 39.1 Å². The lowest BCUT2D eigenvalue weighted by molar-refractivity contribution is -0.153. The third-order valence-electron chi connectivity index (χ3n) is 8.07. The van der Waals surface area contributed by atoms with E-state index in [0.29, 0.717) is 34.6 Å². The molecule has 2 fully saturated rings. The van der Waals surface area contributed by atoms with Crippen molar-refractivity contribution in [3.63, 3.8) is 0 Å². The van der Waals surface area contributed by atoms with E-state index >= 15 is 0 Å². The van der Waals surface area contributed by atoms with Crippen molar-refractivity contribution >= 4 is 50.9 Å². The standard InChI is InChI=1S/C32H34BrCl2N3O3/c1-22-4-9-26(10-5-22)41-29-17-25(33)8-7-24(29)19-36(2)30(39)31(40)38-14-3-12-32(21-38)13-15-37(20-32)18-23-6-11-27(34)28(35)16-23/h4-11,16-17H,3,12-15,18-21H2,1-2H3. The third kappa shape index (κ3) is 7.26. The molecule has 2 heterocycles. The fourth-order valence-electron chi connectivity index (χ4n) is 5.89. The molecule has 2 aliphatic rings. The number of hydrogen-bond donors (Lipinski definition) is 0. The molecule has 0 aliphatic carbocycles. The smallest absolute Gasteiger partial charge is 0.312 e. The second-order valence-corrected chi connectivity index (χ2v) is 13.1. The van der Waals surface area contributed by atoms with Crippen molar-refractivity contribution in [3.05, 3.63) is 91.9 Å². The predicted octanol–water partition coefficient (Wildman–Crippen LogP) is 7.33. The first-order chi connectivity index (χ1) is 19.6. The number of ether oxygens (including phenoxy) is 1. The Morgan fingerprint density at radius 2 is 1.76 bits per heavy atom.